The number of benzene rings is 8. The van der Waals surface area contributed by atoms with Gasteiger partial charge in [0.25, 0.3) is 0 Å². The van der Waals surface area contributed by atoms with E-state index in [1.807, 2.05) is 11.3 Å². The highest BCUT2D eigenvalue weighted by Crippen LogP contribution is 2.43. The molecule has 242 valence electrons. The summed E-state index contributed by atoms with van der Waals surface area (Å²) >= 11 is 1.83. The second kappa shape index (κ2) is 11.5. The summed E-state index contributed by atoms with van der Waals surface area (Å²) in [6.45, 7) is 0. The van der Waals surface area contributed by atoms with E-state index >= 15 is 0 Å². The number of fused-ring (bicyclic) bond motifs is 8. The average molecular weight is 680 g/mol. The first-order valence-electron chi connectivity index (χ1n) is 17.6. The van der Waals surface area contributed by atoms with Crippen molar-refractivity contribution < 1.29 is 0 Å². The fraction of sp³-hybridized carbons (Fsp3) is 0. The van der Waals surface area contributed by atoms with Crippen molar-refractivity contribution in [2.24, 2.45) is 0 Å². The Morgan fingerprint density at radius 2 is 1.06 bits per heavy atom. The molecule has 0 fully saturated rings. The Hall–Kier alpha value is -6.62. The molecule has 0 spiro atoms. The lowest BCUT2D eigenvalue weighted by Gasteiger charge is -2.15. The van der Waals surface area contributed by atoms with Crippen molar-refractivity contribution in [3.8, 4) is 39.3 Å². The van der Waals surface area contributed by atoms with E-state index in [1.54, 1.807) is 0 Å². The molecule has 4 heteroatoms. The summed E-state index contributed by atoms with van der Waals surface area (Å²) in [7, 11) is 0. The fourth-order valence-electron chi connectivity index (χ4n) is 7.87. The highest BCUT2D eigenvalue weighted by Gasteiger charge is 2.22. The summed E-state index contributed by atoms with van der Waals surface area (Å²) in [6, 6.07) is 63.0. The van der Waals surface area contributed by atoms with Gasteiger partial charge in [0, 0.05) is 36.5 Å². The second-order valence-corrected chi connectivity index (χ2v) is 14.4. The zero-order chi connectivity index (χ0) is 34.2. The summed E-state index contributed by atoms with van der Waals surface area (Å²) in [5.74, 6) is 0.827. The number of hydrogen-bond acceptors (Lipinski definition) is 3. The van der Waals surface area contributed by atoms with E-state index in [-0.39, 0.29) is 0 Å². The van der Waals surface area contributed by atoms with E-state index in [0.717, 1.165) is 50.3 Å². The van der Waals surface area contributed by atoms with Crippen molar-refractivity contribution in [3.05, 3.63) is 176 Å². The molecule has 52 heavy (non-hydrogen) atoms. The minimum absolute atomic E-state index is 0.827. The molecule has 0 amide bonds. The van der Waals surface area contributed by atoms with Crippen LogP contribution in [0.1, 0.15) is 0 Å². The van der Waals surface area contributed by atoms with Crippen LogP contribution in [0.2, 0.25) is 0 Å². The predicted molar refractivity (Wildman–Crippen MR) is 221 cm³/mol. The SMILES string of the molecule is c1ccc(-c2ccc3nc(-n4c5ccc(-c6ccccc6)cc5c5cc6ccccc6cc54)c(-c4cccc5c4sc4ccccc45)nc3c2)cc1. The van der Waals surface area contributed by atoms with Crippen molar-refractivity contribution in [1.82, 2.24) is 14.5 Å². The van der Waals surface area contributed by atoms with Gasteiger partial charge in [0.05, 0.1) is 22.1 Å². The summed E-state index contributed by atoms with van der Waals surface area (Å²) < 4.78 is 4.84. The lowest BCUT2D eigenvalue weighted by Crippen LogP contribution is -2.04. The first-order chi connectivity index (χ1) is 25.8. The Kier molecular flexibility index (Phi) is 6.42. The highest BCUT2D eigenvalue weighted by atomic mass is 32.1. The molecule has 0 saturated heterocycles. The molecule has 0 unspecified atom stereocenters. The van der Waals surface area contributed by atoms with E-state index in [1.165, 1.54) is 52.8 Å². The molecule has 0 atom stereocenters. The molecule has 11 rings (SSSR count). The first-order valence-corrected chi connectivity index (χ1v) is 18.4. The Bertz CT molecular complexity index is 3180. The molecule has 8 aromatic carbocycles. The number of rotatable bonds is 4. The van der Waals surface area contributed by atoms with Crippen molar-refractivity contribution in [2.45, 2.75) is 0 Å². The van der Waals surface area contributed by atoms with Gasteiger partial charge in [0.2, 0.25) is 0 Å². The molecule has 0 saturated carbocycles. The Balaban J connectivity index is 1.27. The van der Waals surface area contributed by atoms with Crippen LogP contribution in [-0.4, -0.2) is 14.5 Å². The number of nitrogens with zero attached hydrogens (tertiary/aromatic N) is 3. The van der Waals surface area contributed by atoms with Gasteiger partial charge >= 0.3 is 0 Å². The van der Waals surface area contributed by atoms with Crippen LogP contribution in [0.15, 0.2) is 176 Å². The summed E-state index contributed by atoms with van der Waals surface area (Å²) in [5.41, 5.74) is 10.6. The third-order valence-electron chi connectivity index (χ3n) is 10.4. The van der Waals surface area contributed by atoms with Gasteiger partial charge in [-0.15, -0.1) is 11.3 Å². The van der Waals surface area contributed by atoms with Crippen LogP contribution in [-0.2, 0) is 0 Å². The van der Waals surface area contributed by atoms with Gasteiger partial charge < -0.3 is 0 Å². The smallest absolute Gasteiger partial charge is 0.165 e. The van der Waals surface area contributed by atoms with E-state index in [2.05, 4.69) is 180 Å². The molecule has 0 radical (unpaired) electrons. The van der Waals surface area contributed by atoms with Gasteiger partial charge in [-0.3, -0.25) is 4.57 Å². The topological polar surface area (TPSA) is 30.7 Å². The zero-order valence-electron chi connectivity index (χ0n) is 28.0. The molecular weight excluding hydrogens is 651 g/mol. The van der Waals surface area contributed by atoms with Gasteiger partial charge in [-0.25, -0.2) is 9.97 Å². The number of hydrogen-bond donors (Lipinski definition) is 0. The van der Waals surface area contributed by atoms with E-state index in [9.17, 15) is 0 Å². The lowest BCUT2D eigenvalue weighted by atomic mass is 10.0. The Morgan fingerprint density at radius 3 is 1.87 bits per heavy atom. The maximum absolute atomic E-state index is 5.57. The van der Waals surface area contributed by atoms with Crippen LogP contribution in [0.4, 0.5) is 0 Å². The number of thiophene rings is 1. The molecule has 11 aromatic rings. The molecule has 0 aliphatic carbocycles. The number of aromatic nitrogens is 3. The maximum Gasteiger partial charge on any atom is 0.165 e. The van der Waals surface area contributed by atoms with Crippen molar-refractivity contribution >= 4 is 75.1 Å². The van der Waals surface area contributed by atoms with E-state index in [0.29, 0.717) is 0 Å². The van der Waals surface area contributed by atoms with E-state index in [4.69, 9.17) is 9.97 Å². The minimum Gasteiger partial charge on any atom is -0.292 e. The van der Waals surface area contributed by atoms with Crippen molar-refractivity contribution in [1.29, 1.82) is 0 Å². The molecule has 0 aliphatic heterocycles. The Morgan fingerprint density at radius 1 is 0.404 bits per heavy atom. The molecule has 0 bridgehead atoms. The van der Waals surface area contributed by atoms with Crippen LogP contribution in [0, 0.1) is 0 Å². The molecule has 3 nitrogen and oxygen atoms in total. The zero-order valence-corrected chi connectivity index (χ0v) is 28.8. The average Bonchev–Trinajstić information content (AvgIpc) is 3.75. The van der Waals surface area contributed by atoms with E-state index < -0.39 is 0 Å². The van der Waals surface area contributed by atoms with Gasteiger partial charge in [0.15, 0.2) is 5.82 Å². The first kappa shape index (κ1) is 29.1. The second-order valence-electron chi connectivity index (χ2n) is 13.4. The molecule has 3 heterocycles. The highest BCUT2D eigenvalue weighted by molar-refractivity contribution is 7.26. The summed E-state index contributed by atoms with van der Waals surface area (Å²) in [4.78, 5) is 11.1. The molecule has 0 N–H and O–H groups in total. The largest absolute Gasteiger partial charge is 0.292 e. The van der Waals surface area contributed by atoms with Gasteiger partial charge in [-0.1, -0.05) is 133 Å². The standard InChI is InChI=1S/C48H29N3S/c1-3-12-30(13-4-1)34-23-25-43-39(27-34)40-26-32-16-7-8-17-33(32)29-44(40)51(43)48-46(38-20-11-19-37-36-18-9-10-21-45(36)52-47(37)38)49-42-28-35(22-24-41(42)50-48)31-14-5-2-6-15-31/h1-29H. The van der Waals surface area contributed by atoms with Crippen molar-refractivity contribution in [3.63, 3.8) is 0 Å². The lowest BCUT2D eigenvalue weighted by molar-refractivity contribution is 1.08. The molecule has 3 aromatic heterocycles. The minimum atomic E-state index is 0.827. The van der Waals surface area contributed by atoms with Crippen LogP contribution in [0.3, 0.4) is 0 Å². The molecule has 0 aliphatic rings. The monoisotopic (exact) mass is 679 g/mol. The van der Waals surface area contributed by atoms with Crippen LogP contribution < -0.4 is 0 Å². The Labute approximate surface area is 303 Å². The van der Waals surface area contributed by atoms with Gasteiger partial charge in [0.1, 0.15) is 5.69 Å². The fourth-order valence-corrected chi connectivity index (χ4v) is 9.09. The summed E-state index contributed by atoms with van der Waals surface area (Å²) in [5, 5.41) is 7.30. The summed E-state index contributed by atoms with van der Waals surface area (Å²) in [6.07, 6.45) is 0. The van der Waals surface area contributed by atoms with Crippen LogP contribution in [0.5, 0.6) is 0 Å². The van der Waals surface area contributed by atoms with Gasteiger partial charge in [-0.05, 0) is 75.5 Å². The third-order valence-corrected chi connectivity index (χ3v) is 11.6. The van der Waals surface area contributed by atoms with Crippen LogP contribution in [0.25, 0.3) is 103 Å². The third kappa shape index (κ3) is 4.51. The van der Waals surface area contributed by atoms with Gasteiger partial charge in [-0.2, -0.15) is 0 Å². The van der Waals surface area contributed by atoms with Crippen LogP contribution >= 0.6 is 11.3 Å². The molecular formula is C48H29N3S. The normalized spacial score (nSPS) is 11.8. The maximum atomic E-state index is 5.57. The predicted octanol–water partition coefficient (Wildman–Crippen LogP) is 13.2. The van der Waals surface area contributed by atoms with Crippen molar-refractivity contribution in [2.75, 3.05) is 0 Å². The quantitative estimate of drug-likeness (QED) is 0.185.